The van der Waals surface area contributed by atoms with Crippen molar-refractivity contribution in [3.8, 4) is 5.75 Å². The highest BCUT2D eigenvalue weighted by Gasteiger charge is 2.23. The minimum absolute atomic E-state index is 0.000437. The summed E-state index contributed by atoms with van der Waals surface area (Å²) < 4.78 is 5.60. The number of nitrogens with two attached hydrogens (primary N) is 1. The summed E-state index contributed by atoms with van der Waals surface area (Å²) in [7, 11) is 0. The molecule has 3 heteroatoms. The Labute approximate surface area is 95.6 Å². The molecule has 2 rings (SSSR count). The number of benzene rings is 1. The normalized spacial score (nSPS) is 16.9. The lowest BCUT2D eigenvalue weighted by Gasteiger charge is -2.08. The van der Waals surface area contributed by atoms with E-state index >= 15 is 0 Å². The van der Waals surface area contributed by atoms with E-state index in [0.717, 1.165) is 18.6 Å². The van der Waals surface area contributed by atoms with E-state index in [2.05, 4.69) is 0 Å². The van der Waals surface area contributed by atoms with Crippen LogP contribution >= 0.6 is 0 Å². The van der Waals surface area contributed by atoms with Crippen LogP contribution in [0.25, 0.3) is 0 Å². The number of carbonyl (C=O) groups is 1. The Kier molecular flexibility index (Phi) is 3.25. The van der Waals surface area contributed by atoms with E-state index < -0.39 is 6.04 Å². The van der Waals surface area contributed by atoms with Crippen molar-refractivity contribution in [1.29, 1.82) is 0 Å². The van der Waals surface area contributed by atoms with Gasteiger partial charge in [-0.05, 0) is 43.5 Å². The molecule has 1 aliphatic carbocycles. The second kappa shape index (κ2) is 4.66. The lowest BCUT2D eigenvalue weighted by Crippen LogP contribution is -2.29. The van der Waals surface area contributed by atoms with Crippen LogP contribution < -0.4 is 10.5 Å². The van der Waals surface area contributed by atoms with Crippen molar-refractivity contribution in [2.75, 3.05) is 0 Å². The lowest BCUT2D eigenvalue weighted by molar-refractivity contribution is 0.0959. The Morgan fingerprint density at radius 3 is 2.56 bits per heavy atom. The van der Waals surface area contributed by atoms with Gasteiger partial charge in [-0.3, -0.25) is 4.79 Å². The summed E-state index contributed by atoms with van der Waals surface area (Å²) in [5, 5.41) is 0. The van der Waals surface area contributed by atoms with Gasteiger partial charge in [0.2, 0.25) is 0 Å². The van der Waals surface area contributed by atoms with Gasteiger partial charge in [-0.15, -0.1) is 0 Å². The van der Waals surface area contributed by atoms with Crippen molar-refractivity contribution >= 4 is 5.78 Å². The maximum absolute atomic E-state index is 11.8. The molecule has 1 aromatic carbocycles. The first-order valence-electron chi connectivity index (χ1n) is 5.77. The quantitative estimate of drug-likeness (QED) is 0.772. The van der Waals surface area contributed by atoms with Crippen LogP contribution in [-0.4, -0.2) is 17.9 Å². The molecule has 0 aliphatic heterocycles. The van der Waals surface area contributed by atoms with Gasteiger partial charge in [0, 0.05) is 5.56 Å². The monoisotopic (exact) mass is 219 g/mol. The molecular weight excluding hydrogens is 202 g/mol. The fourth-order valence-electron chi connectivity index (χ4n) is 1.48. The Morgan fingerprint density at radius 2 is 2.06 bits per heavy atom. The van der Waals surface area contributed by atoms with Crippen LogP contribution in [0, 0.1) is 0 Å². The van der Waals surface area contributed by atoms with Crippen molar-refractivity contribution < 1.29 is 9.53 Å². The van der Waals surface area contributed by atoms with Crippen LogP contribution in [0.4, 0.5) is 0 Å². The van der Waals surface area contributed by atoms with Crippen LogP contribution in [0.15, 0.2) is 24.3 Å². The number of ether oxygens (including phenoxy) is 1. The third-order valence-electron chi connectivity index (χ3n) is 2.74. The van der Waals surface area contributed by atoms with Crippen molar-refractivity contribution in [3.05, 3.63) is 29.8 Å². The van der Waals surface area contributed by atoms with E-state index in [1.807, 2.05) is 19.1 Å². The Balaban J connectivity index is 2.02. The molecular formula is C13H17NO2. The smallest absolute Gasteiger partial charge is 0.179 e. The zero-order valence-electron chi connectivity index (χ0n) is 9.48. The zero-order chi connectivity index (χ0) is 11.5. The highest BCUT2D eigenvalue weighted by Crippen LogP contribution is 2.26. The maximum atomic E-state index is 11.8. The number of ketones is 1. The fraction of sp³-hybridized carbons (Fsp3) is 0.462. The van der Waals surface area contributed by atoms with Crippen LogP contribution in [0.1, 0.15) is 36.5 Å². The number of Topliss-reactive ketones (excluding diaryl/α,β-unsaturated/α-hetero) is 1. The molecule has 2 N–H and O–H groups in total. The van der Waals surface area contributed by atoms with E-state index in [4.69, 9.17) is 10.5 Å². The van der Waals surface area contributed by atoms with Crippen LogP contribution in [0.5, 0.6) is 5.75 Å². The van der Waals surface area contributed by atoms with Gasteiger partial charge in [-0.25, -0.2) is 0 Å². The average molecular weight is 219 g/mol. The van der Waals surface area contributed by atoms with Crippen LogP contribution in [0.3, 0.4) is 0 Å². The fourth-order valence-corrected chi connectivity index (χ4v) is 1.48. The lowest BCUT2D eigenvalue weighted by atomic mass is 10.0. The van der Waals surface area contributed by atoms with E-state index in [1.165, 1.54) is 0 Å². The van der Waals surface area contributed by atoms with Gasteiger partial charge >= 0.3 is 0 Å². The molecule has 1 aromatic rings. The third-order valence-corrected chi connectivity index (χ3v) is 2.74. The summed E-state index contributed by atoms with van der Waals surface area (Å²) in [6, 6.07) is 6.86. The molecule has 86 valence electrons. The highest BCUT2D eigenvalue weighted by molar-refractivity contribution is 5.99. The molecule has 0 bridgehead atoms. The third kappa shape index (κ3) is 2.61. The van der Waals surface area contributed by atoms with E-state index in [-0.39, 0.29) is 5.78 Å². The van der Waals surface area contributed by atoms with E-state index in [1.54, 1.807) is 12.1 Å². The first kappa shape index (κ1) is 11.1. The molecule has 0 heterocycles. The van der Waals surface area contributed by atoms with Gasteiger partial charge in [0.25, 0.3) is 0 Å². The summed E-state index contributed by atoms with van der Waals surface area (Å²) in [6.07, 6.45) is 3.33. The Morgan fingerprint density at radius 1 is 1.44 bits per heavy atom. The zero-order valence-corrected chi connectivity index (χ0v) is 9.48. The van der Waals surface area contributed by atoms with Crippen molar-refractivity contribution in [2.45, 2.75) is 38.3 Å². The minimum Gasteiger partial charge on any atom is -0.490 e. The van der Waals surface area contributed by atoms with Crippen molar-refractivity contribution in [3.63, 3.8) is 0 Å². The summed E-state index contributed by atoms with van der Waals surface area (Å²) in [6.45, 7) is 1.91. The molecule has 1 aliphatic rings. The van der Waals surface area contributed by atoms with Crippen molar-refractivity contribution in [2.24, 2.45) is 5.73 Å². The molecule has 1 atom stereocenters. The number of rotatable bonds is 5. The molecule has 0 aromatic heterocycles. The highest BCUT2D eigenvalue weighted by atomic mass is 16.5. The maximum Gasteiger partial charge on any atom is 0.179 e. The van der Waals surface area contributed by atoms with E-state index in [9.17, 15) is 4.79 Å². The Hall–Kier alpha value is -1.35. The molecule has 0 saturated heterocycles. The molecule has 16 heavy (non-hydrogen) atoms. The summed E-state index contributed by atoms with van der Waals surface area (Å²) in [5.41, 5.74) is 6.36. The number of hydrogen-bond donors (Lipinski definition) is 1. The summed E-state index contributed by atoms with van der Waals surface area (Å²) >= 11 is 0. The molecule has 1 unspecified atom stereocenters. The second-order valence-corrected chi connectivity index (χ2v) is 4.22. The molecule has 1 fully saturated rings. The van der Waals surface area contributed by atoms with Crippen LogP contribution in [0.2, 0.25) is 0 Å². The molecule has 0 radical (unpaired) electrons. The topological polar surface area (TPSA) is 52.3 Å². The van der Waals surface area contributed by atoms with Gasteiger partial charge in [-0.1, -0.05) is 6.92 Å². The number of carbonyl (C=O) groups excluding carboxylic acids is 1. The van der Waals surface area contributed by atoms with Gasteiger partial charge < -0.3 is 10.5 Å². The second-order valence-electron chi connectivity index (χ2n) is 4.22. The standard InChI is InChI=1S/C13H17NO2/c1-2-12(14)13(15)9-3-5-10(6-4-9)16-11-7-8-11/h3-6,11-12H,2,7-8,14H2,1H3. The van der Waals surface area contributed by atoms with E-state index in [0.29, 0.717) is 18.1 Å². The first-order chi connectivity index (χ1) is 7.70. The first-order valence-corrected chi connectivity index (χ1v) is 5.77. The minimum atomic E-state index is -0.393. The predicted molar refractivity (Wildman–Crippen MR) is 62.7 cm³/mol. The van der Waals surface area contributed by atoms with Gasteiger partial charge in [0.1, 0.15) is 5.75 Å². The predicted octanol–water partition coefficient (Wildman–Crippen LogP) is 2.15. The summed E-state index contributed by atoms with van der Waals surface area (Å²) in [4.78, 5) is 11.8. The average Bonchev–Trinajstić information content (AvgIpc) is 3.12. The molecule has 3 nitrogen and oxygen atoms in total. The van der Waals surface area contributed by atoms with Gasteiger partial charge in [-0.2, -0.15) is 0 Å². The Bertz CT molecular complexity index is 368. The summed E-state index contributed by atoms with van der Waals surface area (Å²) in [5.74, 6) is 0.838. The van der Waals surface area contributed by atoms with Gasteiger partial charge in [0.15, 0.2) is 5.78 Å². The van der Waals surface area contributed by atoms with Gasteiger partial charge in [0.05, 0.1) is 12.1 Å². The number of hydrogen-bond acceptors (Lipinski definition) is 3. The van der Waals surface area contributed by atoms with Crippen LogP contribution in [-0.2, 0) is 0 Å². The van der Waals surface area contributed by atoms with Crippen molar-refractivity contribution in [1.82, 2.24) is 0 Å². The largest absolute Gasteiger partial charge is 0.490 e. The molecule has 1 saturated carbocycles. The molecule has 0 amide bonds. The SMILES string of the molecule is CCC(N)C(=O)c1ccc(OC2CC2)cc1. The molecule has 0 spiro atoms.